The van der Waals surface area contributed by atoms with Crippen molar-refractivity contribution >= 4 is 54.2 Å². The van der Waals surface area contributed by atoms with Gasteiger partial charge in [0.1, 0.15) is 9.48 Å². The van der Waals surface area contributed by atoms with Crippen molar-refractivity contribution in [3.63, 3.8) is 0 Å². The topological polar surface area (TPSA) is 55.1 Å². The number of anilines is 1. The van der Waals surface area contributed by atoms with Gasteiger partial charge in [-0.3, -0.25) is 4.79 Å². The molecule has 0 unspecified atom stereocenters. The number of nitrogens with one attached hydrogen (secondary N) is 1. The van der Waals surface area contributed by atoms with Crippen LogP contribution in [-0.2, 0) is 4.79 Å². The summed E-state index contributed by atoms with van der Waals surface area (Å²) in [6, 6.07) is 3.60. The molecule has 7 heteroatoms. The Kier molecular flexibility index (Phi) is 3.46. The van der Waals surface area contributed by atoms with Gasteiger partial charge in [0.15, 0.2) is 15.6 Å². The number of aromatic nitrogens is 1. The zero-order valence-electron chi connectivity index (χ0n) is 8.08. The van der Waals surface area contributed by atoms with Crippen molar-refractivity contribution < 1.29 is 9.21 Å². The molecule has 2 heterocycles. The molecule has 16 heavy (non-hydrogen) atoms. The lowest BCUT2D eigenvalue weighted by molar-refractivity contribution is -0.114. The van der Waals surface area contributed by atoms with Gasteiger partial charge in [-0.05, 0) is 44.0 Å². The molecule has 0 aliphatic carbocycles. The number of rotatable bonds is 2. The highest BCUT2D eigenvalue weighted by atomic mass is 79.9. The number of thiazole rings is 1. The Morgan fingerprint density at radius 2 is 2.25 bits per heavy atom. The molecule has 0 aromatic carbocycles. The maximum Gasteiger partial charge on any atom is 0.223 e. The summed E-state index contributed by atoms with van der Waals surface area (Å²) in [6.07, 6.45) is 0. The molecule has 0 saturated carbocycles. The van der Waals surface area contributed by atoms with Crippen molar-refractivity contribution in [3.8, 4) is 11.5 Å². The molecule has 2 aromatic heterocycles. The summed E-state index contributed by atoms with van der Waals surface area (Å²) in [6.45, 7) is 1.44. The second kappa shape index (κ2) is 4.68. The van der Waals surface area contributed by atoms with Gasteiger partial charge >= 0.3 is 0 Å². The summed E-state index contributed by atoms with van der Waals surface area (Å²) in [5.74, 6) is 0.500. The Morgan fingerprint density at radius 1 is 1.50 bits per heavy atom. The summed E-state index contributed by atoms with van der Waals surface area (Å²) < 4.78 is 6.85. The lowest BCUT2D eigenvalue weighted by Gasteiger charge is -1.92. The summed E-state index contributed by atoms with van der Waals surface area (Å²) in [7, 11) is 0. The number of nitrogens with zero attached hydrogens (tertiary/aromatic N) is 1. The van der Waals surface area contributed by atoms with Crippen LogP contribution in [0.4, 0.5) is 5.13 Å². The maximum atomic E-state index is 10.9. The molecule has 0 bridgehead atoms. The minimum absolute atomic E-state index is 0.145. The number of hydrogen-bond acceptors (Lipinski definition) is 4. The van der Waals surface area contributed by atoms with E-state index in [1.165, 1.54) is 18.3 Å². The van der Waals surface area contributed by atoms with Crippen molar-refractivity contribution in [2.24, 2.45) is 0 Å². The van der Waals surface area contributed by atoms with Crippen molar-refractivity contribution in [1.29, 1.82) is 0 Å². The number of halogens is 2. The normalized spacial score (nSPS) is 10.4. The average Bonchev–Trinajstić information content (AvgIpc) is 2.72. The minimum Gasteiger partial charge on any atom is -0.448 e. The van der Waals surface area contributed by atoms with Crippen LogP contribution in [0, 0.1) is 0 Å². The summed E-state index contributed by atoms with van der Waals surface area (Å²) in [4.78, 5) is 15.1. The molecule has 1 N–H and O–H groups in total. The molecule has 0 radical (unpaired) electrons. The van der Waals surface area contributed by atoms with Gasteiger partial charge in [-0.2, -0.15) is 0 Å². The fraction of sp³-hybridized carbons (Fsp3) is 0.111. The first-order chi connectivity index (χ1) is 7.56. The average molecular weight is 366 g/mol. The zero-order chi connectivity index (χ0) is 11.7. The van der Waals surface area contributed by atoms with Gasteiger partial charge in [-0.25, -0.2) is 4.98 Å². The molecule has 1 amide bonds. The SMILES string of the molecule is CC(=O)Nc1nc(-c2ccc(Br)o2)c(Br)s1. The van der Waals surface area contributed by atoms with Crippen molar-refractivity contribution in [1.82, 2.24) is 4.98 Å². The molecule has 0 atom stereocenters. The Hall–Kier alpha value is -0.660. The number of carbonyl (C=O) groups excluding carboxylic acids is 1. The molecular formula is C9H6Br2N2O2S. The Balaban J connectivity index is 2.35. The third kappa shape index (κ3) is 2.53. The van der Waals surface area contributed by atoms with Gasteiger partial charge in [-0.1, -0.05) is 11.3 Å². The first kappa shape index (κ1) is 11.8. The van der Waals surface area contributed by atoms with E-state index in [1.54, 1.807) is 12.1 Å². The van der Waals surface area contributed by atoms with E-state index in [0.29, 0.717) is 21.3 Å². The standard InChI is InChI=1S/C9H6Br2N2O2S/c1-4(14)12-9-13-7(8(11)16-9)5-2-3-6(10)15-5/h2-3H,1H3,(H,12,13,14). The highest BCUT2D eigenvalue weighted by Gasteiger charge is 2.14. The first-order valence-electron chi connectivity index (χ1n) is 4.26. The van der Waals surface area contributed by atoms with E-state index in [1.807, 2.05) is 0 Å². The molecule has 0 aliphatic rings. The Labute approximate surface area is 112 Å². The second-order valence-electron chi connectivity index (χ2n) is 2.93. The quantitative estimate of drug-likeness (QED) is 0.878. The van der Waals surface area contributed by atoms with Gasteiger partial charge in [0.25, 0.3) is 0 Å². The smallest absolute Gasteiger partial charge is 0.223 e. The minimum atomic E-state index is -0.145. The van der Waals surface area contributed by atoms with Crippen LogP contribution in [0.15, 0.2) is 25.0 Å². The number of amides is 1. The summed E-state index contributed by atoms with van der Waals surface area (Å²) >= 11 is 7.95. The van der Waals surface area contributed by atoms with E-state index in [2.05, 4.69) is 42.2 Å². The number of hydrogen-bond donors (Lipinski definition) is 1. The zero-order valence-corrected chi connectivity index (χ0v) is 12.1. The predicted octanol–water partition coefficient (Wildman–Crippen LogP) is 3.89. The van der Waals surface area contributed by atoms with Crippen LogP contribution in [0.1, 0.15) is 6.92 Å². The molecule has 0 saturated heterocycles. The molecular weight excluding hydrogens is 360 g/mol. The maximum absolute atomic E-state index is 10.9. The van der Waals surface area contributed by atoms with E-state index in [0.717, 1.165) is 3.79 Å². The van der Waals surface area contributed by atoms with E-state index < -0.39 is 0 Å². The lowest BCUT2D eigenvalue weighted by Crippen LogP contribution is -2.04. The molecule has 4 nitrogen and oxygen atoms in total. The highest BCUT2D eigenvalue weighted by molar-refractivity contribution is 9.11. The van der Waals surface area contributed by atoms with Gasteiger partial charge in [0.05, 0.1) is 0 Å². The van der Waals surface area contributed by atoms with Crippen LogP contribution >= 0.6 is 43.2 Å². The van der Waals surface area contributed by atoms with Crippen LogP contribution < -0.4 is 5.32 Å². The van der Waals surface area contributed by atoms with Crippen molar-refractivity contribution in [2.45, 2.75) is 6.92 Å². The van der Waals surface area contributed by atoms with Gasteiger partial charge in [0.2, 0.25) is 5.91 Å². The van der Waals surface area contributed by atoms with E-state index in [4.69, 9.17) is 4.42 Å². The fourth-order valence-corrected chi connectivity index (χ4v) is 2.89. The van der Waals surface area contributed by atoms with Crippen molar-refractivity contribution in [3.05, 3.63) is 20.6 Å². The van der Waals surface area contributed by atoms with Crippen LogP contribution in [0.5, 0.6) is 0 Å². The highest BCUT2D eigenvalue weighted by Crippen LogP contribution is 2.36. The summed E-state index contributed by atoms with van der Waals surface area (Å²) in [5, 5.41) is 3.17. The third-order valence-corrected chi connectivity index (χ3v) is 3.72. The molecule has 84 valence electrons. The molecule has 2 aromatic rings. The molecule has 0 aliphatic heterocycles. The van der Waals surface area contributed by atoms with Gasteiger partial charge < -0.3 is 9.73 Å². The largest absolute Gasteiger partial charge is 0.448 e. The fourth-order valence-electron chi connectivity index (χ4n) is 1.10. The third-order valence-electron chi connectivity index (χ3n) is 1.68. The van der Waals surface area contributed by atoms with Crippen LogP contribution in [-0.4, -0.2) is 10.9 Å². The molecule has 2 rings (SSSR count). The lowest BCUT2D eigenvalue weighted by atomic mass is 10.4. The van der Waals surface area contributed by atoms with E-state index in [-0.39, 0.29) is 5.91 Å². The van der Waals surface area contributed by atoms with E-state index >= 15 is 0 Å². The van der Waals surface area contributed by atoms with Gasteiger partial charge in [0, 0.05) is 6.92 Å². The first-order valence-corrected chi connectivity index (χ1v) is 6.66. The monoisotopic (exact) mass is 364 g/mol. The number of furan rings is 1. The van der Waals surface area contributed by atoms with Crippen LogP contribution in [0.25, 0.3) is 11.5 Å². The van der Waals surface area contributed by atoms with Crippen LogP contribution in [0.3, 0.4) is 0 Å². The molecule has 0 spiro atoms. The Bertz CT molecular complexity index is 535. The second-order valence-corrected chi connectivity index (χ2v) is 6.02. The molecule has 0 fully saturated rings. The van der Waals surface area contributed by atoms with E-state index in [9.17, 15) is 4.79 Å². The summed E-state index contributed by atoms with van der Waals surface area (Å²) in [5.41, 5.74) is 0.680. The van der Waals surface area contributed by atoms with Gasteiger partial charge in [-0.15, -0.1) is 0 Å². The Morgan fingerprint density at radius 3 is 2.81 bits per heavy atom. The van der Waals surface area contributed by atoms with Crippen molar-refractivity contribution in [2.75, 3.05) is 5.32 Å². The number of carbonyl (C=O) groups is 1. The predicted molar refractivity (Wildman–Crippen MR) is 69.5 cm³/mol. The van der Waals surface area contributed by atoms with Crippen LogP contribution in [0.2, 0.25) is 0 Å².